The first-order valence-corrected chi connectivity index (χ1v) is 41.8. The molecule has 0 saturated carbocycles. The Bertz CT molecular complexity index is 1860. The molecule has 10 heteroatoms. The molecule has 0 N–H and O–H groups in total. The number of hydrogen-bond donors (Lipinski definition) is 0. The van der Waals surface area contributed by atoms with Crippen LogP contribution >= 0.6 is 7.82 Å². The monoisotopic (exact) mass is 1340 g/mol. The van der Waals surface area contributed by atoms with Crippen LogP contribution in [0.3, 0.4) is 0 Å². The average molecular weight is 1340 g/mol. The van der Waals surface area contributed by atoms with Crippen molar-refractivity contribution in [1.29, 1.82) is 0 Å². The third kappa shape index (κ3) is 78.2. The topological polar surface area (TPSA) is 111 Å². The molecule has 0 aromatic carbocycles. The van der Waals surface area contributed by atoms with Crippen LogP contribution in [0, 0.1) is 0 Å². The van der Waals surface area contributed by atoms with Gasteiger partial charge in [0.25, 0.3) is 7.82 Å². The SMILES string of the molecule is CC/C=C\C/C=C\C/C=C\C/C=C\C/C=C\C/C=C\C/C=C\CCCCCCCCCCCC(=O)OC(COC(=O)CCCCCCCCCCCCCCCCCCCCCCCCCCCCCCCCCCCCCCCCC)COP(=O)([O-])OCC[N+](C)(C)C. The van der Waals surface area contributed by atoms with Crippen LogP contribution in [0.15, 0.2) is 85.1 Å². The predicted octanol–water partition coefficient (Wildman–Crippen LogP) is 26.2. The van der Waals surface area contributed by atoms with Gasteiger partial charge in [0.1, 0.15) is 19.8 Å². The van der Waals surface area contributed by atoms with Crippen LogP contribution < -0.4 is 4.89 Å². The molecule has 2 atom stereocenters. The maximum atomic E-state index is 12.9. The molecule has 0 fully saturated rings. The molecule has 2 unspecified atom stereocenters. The fraction of sp³-hybridized carbons (Fsp3) is 0.810. The highest BCUT2D eigenvalue weighted by Gasteiger charge is 2.22. The number of phosphoric acid groups is 1. The fourth-order valence-corrected chi connectivity index (χ4v) is 12.5. The standard InChI is InChI=1S/C84H154NO8P/c1-6-8-10-12-14-16-18-20-22-24-26-28-30-32-34-36-38-39-40-41-42-43-44-45-47-48-50-52-54-56-58-60-62-64-66-68-70-72-74-76-83(86)90-80-82(81-92-94(88,89)91-79-78-85(3,4)5)93-84(87)77-75-73-71-69-67-65-63-61-59-57-55-53-51-49-46-37-35-33-31-29-27-25-23-21-19-17-15-13-11-9-7-2/h9,11,15,17,21,23,27,29,33,35,46,49,53,55,82H,6-8,10,12-14,16,18-20,22,24-26,28,30-32,34,36-45,47-48,50-52,54,56-81H2,1-5H3/b11-9-,17-15-,23-21-,29-27-,35-33-,49-46-,55-53-. The molecular weight excluding hydrogens is 1180 g/mol. The van der Waals surface area contributed by atoms with Crippen molar-refractivity contribution < 1.29 is 42.1 Å². The largest absolute Gasteiger partial charge is 0.756 e. The van der Waals surface area contributed by atoms with Gasteiger partial charge in [0.05, 0.1) is 27.7 Å². The van der Waals surface area contributed by atoms with E-state index in [9.17, 15) is 19.0 Å². The smallest absolute Gasteiger partial charge is 0.306 e. The first kappa shape index (κ1) is 91.2. The second-order valence-electron chi connectivity index (χ2n) is 28.4. The Hall–Kier alpha value is -2.81. The number of quaternary nitrogens is 1. The minimum Gasteiger partial charge on any atom is -0.756 e. The van der Waals surface area contributed by atoms with Crippen LogP contribution in [-0.4, -0.2) is 70.0 Å². The van der Waals surface area contributed by atoms with Gasteiger partial charge in [-0.1, -0.05) is 388 Å². The van der Waals surface area contributed by atoms with Gasteiger partial charge in [0.15, 0.2) is 6.10 Å². The molecule has 0 radical (unpaired) electrons. The van der Waals surface area contributed by atoms with Crippen LogP contribution in [-0.2, 0) is 32.7 Å². The molecule has 0 aromatic rings. The number of ether oxygens (including phenoxy) is 2. The van der Waals surface area contributed by atoms with Crippen LogP contribution in [0.25, 0.3) is 0 Å². The van der Waals surface area contributed by atoms with Crippen molar-refractivity contribution >= 4 is 19.8 Å². The van der Waals surface area contributed by atoms with Gasteiger partial charge in [-0.05, 0) is 70.6 Å². The number of allylic oxidation sites excluding steroid dienone is 14. The highest BCUT2D eigenvalue weighted by atomic mass is 31.2. The molecule has 0 heterocycles. The summed E-state index contributed by atoms with van der Waals surface area (Å²) in [5.74, 6) is -0.827. The number of rotatable bonds is 75. The number of unbranched alkanes of at least 4 members (excludes halogenated alkanes) is 47. The lowest BCUT2D eigenvalue weighted by molar-refractivity contribution is -0.870. The normalized spacial score (nSPS) is 13.5. The van der Waals surface area contributed by atoms with E-state index in [1.165, 1.54) is 263 Å². The van der Waals surface area contributed by atoms with Gasteiger partial charge in [-0.3, -0.25) is 14.2 Å². The van der Waals surface area contributed by atoms with E-state index in [-0.39, 0.29) is 32.0 Å². The average Bonchev–Trinajstić information content (AvgIpc) is 1.66. The lowest BCUT2D eigenvalue weighted by Gasteiger charge is -2.28. The number of esters is 2. The second-order valence-corrected chi connectivity index (χ2v) is 29.8. The van der Waals surface area contributed by atoms with Crippen molar-refractivity contribution in [3.05, 3.63) is 85.1 Å². The van der Waals surface area contributed by atoms with Crippen molar-refractivity contribution in [3.8, 4) is 0 Å². The van der Waals surface area contributed by atoms with Crippen LogP contribution in [0.5, 0.6) is 0 Å². The predicted molar refractivity (Wildman–Crippen MR) is 406 cm³/mol. The summed E-state index contributed by atoms with van der Waals surface area (Å²) in [5.41, 5.74) is 0. The van der Waals surface area contributed by atoms with Gasteiger partial charge in [-0.25, -0.2) is 0 Å². The van der Waals surface area contributed by atoms with E-state index in [0.717, 1.165) is 89.9 Å². The zero-order valence-corrected chi connectivity index (χ0v) is 63.6. The van der Waals surface area contributed by atoms with Crippen LogP contribution in [0.4, 0.5) is 0 Å². The van der Waals surface area contributed by atoms with Crippen molar-refractivity contribution in [2.24, 2.45) is 0 Å². The quantitative estimate of drug-likeness (QED) is 0.0195. The molecule has 9 nitrogen and oxygen atoms in total. The van der Waals surface area contributed by atoms with Gasteiger partial charge in [-0.2, -0.15) is 0 Å². The summed E-state index contributed by atoms with van der Waals surface area (Å²) in [6.07, 6.45) is 103. The minimum atomic E-state index is -4.65. The summed E-state index contributed by atoms with van der Waals surface area (Å²) in [5, 5.41) is 0. The van der Waals surface area contributed by atoms with E-state index in [1.54, 1.807) is 0 Å². The summed E-state index contributed by atoms with van der Waals surface area (Å²) in [4.78, 5) is 38.2. The van der Waals surface area contributed by atoms with Gasteiger partial charge in [-0.15, -0.1) is 0 Å². The van der Waals surface area contributed by atoms with Gasteiger partial charge in [0, 0.05) is 12.8 Å². The highest BCUT2D eigenvalue weighted by molar-refractivity contribution is 7.45. The number of phosphoric ester groups is 1. The number of hydrogen-bond acceptors (Lipinski definition) is 8. The van der Waals surface area contributed by atoms with Crippen molar-refractivity contribution in [2.45, 2.75) is 392 Å². The summed E-state index contributed by atoms with van der Waals surface area (Å²) < 4.78 is 34.4. The Morgan fingerprint density at radius 3 is 0.904 bits per heavy atom. The second kappa shape index (κ2) is 74.4. The third-order valence-electron chi connectivity index (χ3n) is 17.9. The lowest BCUT2D eigenvalue weighted by atomic mass is 10.0. The molecule has 0 aliphatic rings. The van der Waals surface area contributed by atoms with E-state index >= 15 is 0 Å². The van der Waals surface area contributed by atoms with E-state index in [2.05, 4.69) is 98.9 Å². The van der Waals surface area contributed by atoms with Crippen molar-refractivity contribution in [1.82, 2.24) is 0 Å². The summed E-state index contributed by atoms with van der Waals surface area (Å²) >= 11 is 0. The molecule has 0 aliphatic carbocycles. The summed E-state index contributed by atoms with van der Waals surface area (Å²) in [7, 11) is 1.17. The molecule has 0 aliphatic heterocycles. The van der Waals surface area contributed by atoms with E-state index in [4.69, 9.17) is 18.5 Å². The van der Waals surface area contributed by atoms with Crippen molar-refractivity contribution in [2.75, 3.05) is 47.5 Å². The van der Waals surface area contributed by atoms with Crippen LogP contribution in [0.2, 0.25) is 0 Å². The molecule has 0 saturated heterocycles. The first-order chi connectivity index (χ1) is 46.0. The molecule has 0 aromatic heterocycles. The molecule has 0 spiro atoms. The van der Waals surface area contributed by atoms with E-state index in [0.29, 0.717) is 17.4 Å². The number of nitrogens with zero attached hydrogens (tertiary/aromatic N) is 1. The maximum absolute atomic E-state index is 12.9. The Balaban J connectivity index is 3.94. The molecule has 0 amide bonds. The van der Waals surface area contributed by atoms with Gasteiger partial charge < -0.3 is 27.9 Å². The zero-order chi connectivity index (χ0) is 68.3. The molecule has 0 rings (SSSR count). The first-order valence-electron chi connectivity index (χ1n) is 40.3. The number of carbonyl (C=O) groups excluding carboxylic acids is 2. The highest BCUT2D eigenvalue weighted by Crippen LogP contribution is 2.38. The molecule has 548 valence electrons. The maximum Gasteiger partial charge on any atom is 0.306 e. The Morgan fingerprint density at radius 1 is 0.340 bits per heavy atom. The van der Waals surface area contributed by atoms with E-state index in [1.807, 2.05) is 21.1 Å². The molecule has 0 bridgehead atoms. The molecular formula is C84H154NO8P. The number of likely N-dealkylation sites (N-methyl/N-ethyl adjacent to an activating group) is 1. The summed E-state index contributed by atoms with van der Waals surface area (Å²) in [6, 6.07) is 0. The van der Waals surface area contributed by atoms with Crippen molar-refractivity contribution in [3.63, 3.8) is 0 Å². The minimum absolute atomic E-state index is 0.0338. The Morgan fingerprint density at radius 2 is 0.606 bits per heavy atom. The Labute approximate surface area is 583 Å². The zero-order valence-electron chi connectivity index (χ0n) is 62.7. The van der Waals surface area contributed by atoms with E-state index < -0.39 is 26.5 Å². The Kier molecular flexibility index (Phi) is 72.2. The summed E-state index contributed by atoms with van der Waals surface area (Å²) in [6.45, 7) is 4.17. The lowest BCUT2D eigenvalue weighted by Crippen LogP contribution is -2.37. The molecule has 94 heavy (non-hydrogen) atoms. The fourth-order valence-electron chi connectivity index (χ4n) is 11.8. The third-order valence-corrected chi connectivity index (χ3v) is 18.9. The van der Waals surface area contributed by atoms with Crippen LogP contribution in [0.1, 0.15) is 386 Å². The number of carbonyl (C=O) groups is 2. The van der Waals surface area contributed by atoms with Gasteiger partial charge in [0.2, 0.25) is 0 Å². The van der Waals surface area contributed by atoms with Gasteiger partial charge >= 0.3 is 11.9 Å².